The van der Waals surface area contributed by atoms with Crippen LogP contribution in [0.25, 0.3) is 0 Å². The highest BCUT2D eigenvalue weighted by atomic mass is 35.5. The minimum Gasteiger partial charge on any atom is -0.497 e. The van der Waals surface area contributed by atoms with Crippen LogP contribution in [0.5, 0.6) is 11.5 Å². The molecule has 3 aromatic carbocycles. The Morgan fingerprint density at radius 2 is 1.64 bits per heavy atom. The van der Waals surface area contributed by atoms with Crippen molar-refractivity contribution in [3.8, 4) is 11.5 Å². The number of amides is 1. The van der Waals surface area contributed by atoms with Crippen LogP contribution in [0.2, 0.25) is 0 Å². The predicted molar refractivity (Wildman–Crippen MR) is 123 cm³/mol. The van der Waals surface area contributed by atoms with Crippen molar-refractivity contribution in [3.63, 3.8) is 0 Å². The smallest absolute Gasteiger partial charge is 0.233 e. The molecule has 0 aliphatic carbocycles. The Bertz CT molecular complexity index is 1130. The van der Waals surface area contributed by atoms with Crippen molar-refractivity contribution in [1.29, 1.82) is 0 Å². The minimum absolute atomic E-state index is 0.0336. The lowest BCUT2D eigenvalue weighted by Gasteiger charge is -2.49. The topological polar surface area (TPSA) is 64.6 Å². The van der Waals surface area contributed by atoms with E-state index in [1.165, 1.54) is 12.1 Å². The summed E-state index contributed by atoms with van der Waals surface area (Å²) in [5.41, 5.74) is 1.52. The monoisotopic (exact) mass is 467 g/mol. The number of ether oxygens (including phenoxy) is 2. The van der Waals surface area contributed by atoms with Crippen molar-refractivity contribution in [2.75, 3.05) is 7.11 Å². The summed E-state index contributed by atoms with van der Waals surface area (Å²) in [5, 5.41) is 2.42. The fourth-order valence-corrected chi connectivity index (χ4v) is 4.29. The molecule has 3 aromatic rings. The zero-order valence-electron chi connectivity index (χ0n) is 18.0. The number of hydrogen-bond donors (Lipinski definition) is 1. The van der Waals surface area contributed by atoms with Crippen LogP contribution in [0.1, 0.15) is 35.6 Å². The van der Waals surface area contributed by atoms with E-state index in [1.54, 1.807) is 19.2 Å². The van der Waals surface area contributed by atoms with Gasteiger partial charge in [-0.2, -0.15) is 0 Å². The number of carbonyl (C=O) groups excluding carboxylic acids is 2. The molecule has 2 atom stereocenters. The second-order valence-electron chi connectivity index (χ2n) is 7.95. The van der Waals surface area contributed by atoms with Crippen LogP contribution in [0.15, 0.2) is 72.8 Å². The van der Waals surface area contributed by atoms with Crippen LogP contribution in [0.3, 0.4) is 0 Å². The summed E-state index contributed by atoms with van der Waals surface area (Å²) in [6.07, 6.45) is 0.263. The number of benzene rings is 3. The second kappa shape index (κ2) is 9.63. The van der Waals surface area contributed by atoms with Gasteiger partial charge in [-0.1, -0.05) is 36.4 Å². The Hall–Kier alpha value is -3.38. The van der Waals surface area contributed by atoms with E-state index >= 15 is 0 Å². The molecule has 1 heterocycles. The zero-order valence-corrected chi connectivity index (χ0v) is 18.8. The standard InChI is InChI=1S/C26H23ClFNO4/c1-32-21-10-2-17(3-11-21)16-33-22-12-4-18(5-13-22)24-26(25(31)29-24,15-14-23(27)30)19-6-8-20(28)9-7-19/h2-13,24H,14-16H2,1H3,(H,29,31)/t24-,26+/m0/s1. The first-order valence-electron chi connectivity index (χ1n) is 10.5. The molecule has 0 spiro atoms. The molecule has 33 heavy (non-hydrogen) atoms. The van der Waals surface area contributed by atoms with Crippen molar-refractivity contribution in [3.05, 3.63) is 95.3 Å². The fraction of sp³-hybridized carbons (Fsp3) is 0.231. The van der Waals surface area contributed by atoms with E-state index in [4.69, 9.17) is 21.1 Å². The molecule has 7 heteroatoms. The molecule has 1 amide bonds. The molecule has 0 saturated carbocycles. The van der Waals surface area contributed by atoms with Gasteiger partial charge in [0.15, 0.2) is 0 Å². The average Bonchev–Trinajstić information content (AvgIpc) is 2.83. The van der Waals surface area contributed by atoms with Crippen LogP contribution in [0.4, 0.5) is 4.39 Å². The van der Waals surface area contributed by atoms with Crippen molar-refractivity contribution < 1.29 is 23.5 Å². The van der Waals surface area contributed by atoms with Gasteiger partial charge in [0, 0.05) is 6.42 Å². The third-order valence-electron chi connectivity index (χ3n) is 6.03. The summed E-state index contributed by atoms with van der Waals surface area (Å²) < 4.78 is 24.5. The number of β-lactam (4-membered cyclic amide) rings is 1. The lowest BCUT2D eigenvalue weighted by atomic mass is 9.63. The molecule has 5 nitrogen and oxygen atoms in total. The molecule has 0 bridgehead atoms. The summed E-state index contributed by atoms with van der Waals surface area (Å²) in [4.78, 5) is 24.3. The third-order valence-corrected chi connectivity index (χ3v) is 6.22. The number of methoxy groups -OCH3 is 1. The Kier molecular flexibility index (Phi) is 6.65. The van der Waals surface area contributed by atoms with E-state index in [9.17, 15) is 14.0 Å². The van der Waals surface area contributed by atoms with Gasteiger partial charge in [0.05, 0.1) is 18.6 Å². The van der Waals surface area contributed by atoms with Gasteiger partial charge in [0.2, 0.25) is 11.1 Å². The number of hydrogen-bond acceptors (Lipinski definition) is 4. The molecule has 0 aromatic heterocycles. The van der Waals surface area contributed by atoms with Crippen molar-refractivity contribution >= 4 is 22.8 Å². The molecule has 1 aliphatic rings. The number of carbonyl (C=O) groups is 2. The van der Waals surface area contributed by atoms with Gasteiger partial charge >= 0.3 is 0 Å². The number of rotatable bonds is 9. The van der Waals surface area contributed by atoms with E-state index in [0.717, 1.165) is 16.9 Å². The lowest BCUT2D eigenvalue weighted by molar-refractivity contribution is -0.139. The molecular weight excluding hydrogens is 445 g/mol. The van der Waals surface area contributed by atoms with Gasteiger partial charge in [0.25, 0.3) is 0 Å². The maximum atomic E-state index is 13.5. The van der Waals surface area contributed by atoms with Gasteiger partial charge in [0.1, 0.15) is 23.9 Å². The Labute approximate surface area is 196 Å². The molecule has 1 aliphatic heterocycles. The molecule has 0 radical (unpaired) electrons. The maximum Gasteiger partial charge on any atom is 0.233 e. The van der Waals surface area contributed by atoms with Gasteiger partial charge in [-0.3, -0.25) is 9.59 Å². The first kappa shape index (κ1) is 22.8. The van der Waals surface area contributed by atoms with Crippen LogP contribution in [-0.4, -0.2) is 18.3 Å². The van der Waals surface area contributed by atoms with Gasteiger partial charge < -0.3 is 14.8 Å². The minimum atomic E-state index is -0.996. The molecule has 1 fully saturated rings. The van der Waals surface area contributed by atoms with E-state index in [2.05, 4.69) is 5.32 Å². The maximum absolute atomic E-state index is 13.5. The van der Waals surface area contributed by atoms with Gasteiger partial charge in [-0.05, 0) is 71.1 Å². The molecular formula is C26H23ClFNO4. The van der Waals surface area contributed by atoms with Gasteiger partial charge in [-0.25, -0.2) is 4.39 Å². The second-order valence-corrected chi connectivity index (χ2v) is 8.37. The Balaban J connectivity index is 1.53. The van der Waals surface area contributed by atoms with E-state index < -0.39 is 16.5 Å². The molecule has 0 unspecified atom stereocenters. The quantitative estimate of drug-likeness (QED) is 0.352. The summed E-state index contributed by atoms with van der Waals surface area (Å²) >= 11 is 5.59. The van der Waals surface area contributed by atoms with Crippen LogP contribution in [-0.2, 0) is 21.6 Å². The number of halogens is 2. The lowest BCUT2D eigenvalue weighted by Crippen LogP contribution is -2.64. The Morgan fingerprint density at radius 1 is 1.00 bits per heavy atom. The number of nitrogens with one attached hydrogen (secondary N) is 1. The summed E-state index contributed by atoms with van der Waals surface area (Å²) in [7, 11) is 1.62. The highest BCUT2D eigenvalue weighted by molar-refractivity contribution is 6.63. The van der Waals surface area contributed by atoms with Crippen molar-refractivity contribution in [2.24, 2.45) is 0 Å². The normalized spacial score (nSPS) is 19.4. The third kappa shape index (κ3) is 4.71. The van der Waals surface area contributed by atoms with E-state index in [1.807, 2.05) is 48.5 Å². The summed E-state index contributed by atoms with van der Waals surface area (Å²) in [5.74, 6) is 0.864. The predicted octanol–water partition coefficient (Wildman–Crippen LogP) is 5.07. The molecule has 4 rings (SSSR count). The van der Waals surface area contributed by atoms with E-state index in [0.29, 0.717) is 17.9 Å². The van der Waals surface area contributed by atoms with Crippen molar-refractivity contribution in [1.82, 2.24) is 5.32 Å². The molecule has 1 N–H and O–H groups in total. The van der Waals surface area contributed by atoms with Crippen LogP contribution < -0.4 is 14.8 Å². The van der Waals surface area contributed by atoms with Crippen LogP contribution in [0, 0.1) is 5.82 Å². The molecule has 1 saturated heterocycles. The SMILES string of the molecule is COc1ccc(COc2ccc([C@@H]3NC(=O)[C@]3(CCC(=O)Cl)c3ccc(F)cc3)cc2)cc1. The first-order chi connectivity index (χ1) is 15.9. The highest BCUT2D eigenvalue weighted by Gasteiger charge is 2.56. The van der Waals surface area contributed by atoms with Crippen molar-refractivity contribution in [2.45, 2.75) is 30.9 Å². The summed E-state index contributed by atoms with van der Waals surface area (Å²) in [6.45, 7) is 0.404. The van der Waals surface area contributed by atoms with Crippen LogP contribution >= 0.6 is 11.6 Å². The van der Waals surface area contributed by atoms with E-state index in [-0.39, 0.29) is 24.8 Å². The summed E-state index contributed by atoms with van der Waals surface area (Å²) in [6, 6.07) is 20.5. The zero-order chi connectivity index (χ0) is 23.4. The fourth-order valence-electron chi connectivity index (χ4n) is 4.19. The average molecular weight is 468 g/mol. The molecule has 170 valence electrons. The van der Waals surface area contributed by atoms with Gasteiger partial charge in [-0.15, -0.1) is 0 Å². The Morgan fingerprint density at radius 3 is 2.21 bits per heavy atom. The highest BCUT2D eigenvalue weighted by Crippen LogP contribution is 2.48. The largest absolute Gasteiger partial charge is 0.497 e. The first-order valence-corrected chi connectivity index (χ1v) is 10.9.